The van der Waals surface area contributed by atoms with E-state index in [-0.39, 0.29) is 5.41 Å². The molecule has 3 heteroatoms. The van der Waals surface area contributed by atoms with Crippen LogP contribution in [0, 0.1) is 5.41 Å². The second kappa shape index (κ2) is 3.84. The van der Waals surface area contributed by atoms with Crippen molar-refractivity contribution in [3.05, 3.63) is 0 Å². The average molecular weight is 260 g/mol. The smallest absolute Gasteiger partial charge is 0.228 e. The third-order valence-corrected chi connectivity index (χ3v) is 4.39. The first-order valence-corrected chi connectivity index (χ1v) is 6.47. The Morgan fingerprint density at radius 3 is 2.57 bits per heavy atom. The molecule has 0 bridgehead atoms. The molecule has 0 spiro atoms. The van der Waals surface area contributed by atoms with Crippen molar-refractivity contribution < 1.29 is 4.79 Å². The van der Waals surface area contributed by atoms with Crippen molar-refractivity contribution in [1.82, 2.24) is 4.90 Å². The molecule has 1 aliphatic heterocycles. The molecule has 2 aliphatic rings. The van der Waals surface area contributed by atoms with Crippen molar-refractivity contribution in [3.8, 4) is 0 Å². The Labute approximate surface area is 94.2 Å². The van der Waals surface area contributed by atoms with Gasteiger partial charge in [-0.3, -0.25) is 4.79 Å². The number of amides is 1. The molecule has 2 rings (SSSR count). The molecular weight excluding hydrogens is 242 g/mol. The summed E-state index contributed by atoms with van der Waals surface area (Å²) in [7, 11) is 0. The standard InChI is InChI=1S/C11H18BrNO/c1-11(5-2-3-6-11)10(14)13-7-4-9(12)8-13/h9H,2-8H2,1H3. The summed E-state index contributed by atoms with van der Waals surface area (Å²) >= 11 is 3.58. The van der Waals surface area contributed by atoms with Crippen LogP contribution >= 0.6 is 15.9 Å². The summed E-state index contributed by atoms with van der Waals surface area (Å²) in [6.07, 6.45) is 5.76. The van der Waals surface area contributed by atoms with Crippen LogP contribution in [0.15, 0.2) is 0 Å². The topological polar surface area (TPSA) is 20.3 Å². The van der Waals surface area contributed by atoms with Gasteiger partial charge in [0.2, 0.25) is 5.91 Å². The molecule has 1 amide bonds. The zero-order valence-corrected chi connectivity index (χ0v) is 10.3. The molecule has 2 nitrogen and oxygen atoms in total. The Morgan fingerprint density at radius 1 is 1.43 bits per heavy atom. The normalized spacial score (nSPS) is 31.0. The maximum atomic E-state index is 12.2. The second-order valence-corrected chi connectivity index (χ2v) is 6.20. The van der Waals surface area contributed by atoms with Gasteiger partial charge < -0.3 is 4.90 Å². The fourth-order valence-corrected chi connectivity index (χ4v) is 3.21. The summed E-state index contributed by atoms with van der Waals surface area (Å²) in [5.74, 6) is 0.400. The van der Waals surface area contributed by atoms with Crippen molar-refractivity contribution in [2.75, 3.05) is 13.1 Å². The van der Waals surface area contributed by atoms with Gasteiger partial charge in [-0.25, -0.2) is 0 Å². The van der Waals surface area contributed by atoms with Crippen molar-refractivity contribution in [2.24, 2.45) is 5.41 Å². The first kappa shape index (κ1) is 10.5. The summed E-state index contributed by atoms with van der Waals surface area (Å²) in [6, 6.07) is 0. The number of hydrogen-bond donors (Lipinski definition) is 0. The van der Waals surface area contributed by atoms with Gasteiger partial charge >= 0.3 is 0 Å². The van der Waals surface area contributed by atoms with Crippen LogP contribution in [0.25, 0.3) is 0 Å². The number of carbonyl (C=O) groups excluding carboxylic acids is 1. The number of halogens is 1. The monoisotopic (exact) mass is 259 g/mol. The van der Waals surface area contributed by atoms with Crippen LogP contribution < -0.4 is 0 Å². The molecule has 1 aliphatic carbocycles. The highest BCUT2D eigenvalue weighted by molar-refractivity contribution is 9.09. The van der Waals surface area contributed by atoms with E-state index in [0.717, 1.165) is 32.4 Å². The minimum absolute atomic E-state index is 0.0307. The fourth-order valence-electron chi connectivity index (χ4n) is 2.65. The van der Waals surface area contributed by atoms with Crippen molar-refractivity contribution in [3.63, 3.8) is 0 Å². The summed E-state index contributed by atoms with van der Waals surface area (Å²) in [4.78, 5) is 14.8. The Balaban J connectivity index is 2.00. The van der Waals surface area contributed by atoms with E-state index in [1.807, 2.05) is 4.90 Å². The van der Waals surface area contributed by atoms with Gasteiger partial charge in [-0.05, 0) is 19.3 Å². The summed E-state index contributed by atoms with van der Waals surface area (Å²) < 4.78 is 0. The van der Waals surface area contributed by atoms with E-state index in [9.17, 15) is 4.79 Å². The second-order valence-electron chi connectivity index (χ2n) is 4.90. The van der Waals surface area contributed by atoms with Crippen LogP contribution in [0.3, 0.4) is 0 Å². The number of likely N-dealkylation sites (tertiary alicyclic amines) is 1. The van der Waals surface area contributed by atoms with Gasteiger partial charge in [-0.1, -0.05) is 35.7 Å². The first-order chi connectivity index (χ1) is 6.62. The van der Waals surface area contributed by atoms with Crippen molar-refractivity contribution >= 4 is 21.8 Å². The lowest BCUT2D eigenvalue weighted by Gasteiger charge is -2.28. The van der Waals surface area contributed by atoms with E-state index in [0.29, 0.717) is 10.7 Å². The molecular formula is C11H18BrNO. The maximum Gasteiger partial charge on any atom is 0.228 e. The van der Waals surface area contributed by atoms with Gasteiger partial charge in [-0.15, -0.1) is 0 Å². The SMILES string of the molecule is CC1(C(=O)N2CCC(Br)C2)CCCC1. The Morgan fingerprint density at radius 2 is 2.07 bits per heavy atom. The molecule has 1 unspecified atom stereocenters. The molecule has 0 aromatic rings. The number of hydrogen-bond acceptors (Lipinski definition) is 1. The van der Waals surface area contributed by atoms with Crippen molar-refractivity contribution in [2.45, 2.75) is 43.9 Å². The van der Waals surface area contributed by atoms with Crippen LogP contribution in [0.2, 0.25) is 0 Å². The van der Waals surface area contributed by atoms with Crippen LogP contribution in [-0.4, -0.2) is 28.7 Å². The van der Waals surface area contributed by atoms with Crippen LogP contribution in [0.4, 0.5) is 0 Å². The molecule has 1 saturated carbocycles. The Kier molecular flexibility index (Phi) is 2.87. The molecule has 0 aromatic heterocycles. The predicted molar refractivity (Wildman–Crippen MR) is 60.5 cm³/mol. The van der Waals surface area contributed by atoms with Gasteiger partial charge in [0, 0.05) is 23.3 Å². The zero-order chi connectivity index (χ0) is 10.2. The third kappa shape index (κ3) is 1.83. The lowest BCUT2D eigenvalue weighted by atomic mass is 9.87. The fraction of sp³-hybridized carbons (Fsp3) is 0.909. The van der Waals surface area contributed by atoms with E-state index in [1.54, 1.807) is 0 Å². The van der Waals surface area contributed by atoms with Crippen LogP contribution in [0.1, 0.15) is 39.0 Å². The van der Waals surface area contributed by atoms with Gasteiger partial charge in [0.05, 0.1) is 0 Å². The van der Waals surface area contributed by atoms with Gasteiger partial charge in [0.25, 0.3) is 0 Å². The maximum absolute atomic E-state index is 12.2. The Hall–Kier alpha value is -0.0500. The predicted octanol–water partition coefficient (Wildman–Crippen LogP) is 2.56. The lowest BCUT2D eigenvalue weighted by molar-refractivity contribution is -0.139. The molecule has 1 saturated heterocycles. The molecule has 2 fully saturated rings. The van der Waals surface area contributed by atoms with Crippen LogP contribution in [0.5, 0.6) is 0 Å². The molecule has 0 N–H and O–H groups in total. The van der Waals surface area contributed by atoms with Crippen LogP contribution in [-0.2, 0) is 4.79 Å². The summed E-state index contributed by atoms with van der Waals surface area (Å²) in [6.45, 7) is 4.00. The molecule has 0 radical (unpaired) electrons. The zero-order valence-electron chi connectivity index (χ0n) is 8.76. The minimum Gasteiger partial charge on any atom is -0.341 e. The third-order valence-electron chi connectivity index (χ3n) is 3.64. The average Bonchev–Trinajstić information content (AvgIpc) is 2.74. The number of rotatable bonds is 1. The van der Waals surface area contributed by atoms with E-state index in [2.05, 4.69) is 22.9 Å². The number of nitrogens with zero attached hydrogens (tertiary/aromatic N) is 1. The van der Waals surface area contributed by atoms with Gasteiger partial charge in [0.15, 0.2) is 0 Å². The van der Waals surface area contributed by atoms with Crippen molar-refractivity contribution in [1.29, 1.82) is 0 Å². The number of carbonyl (C=O) groups is 1. The van der Waals surface area contributed by atoms with E-state index >= 15 is 0 Å². The first-order valence-electron chi connectivity index (χ1n) is 5.55. The summed E-state index contributed by atoms with van der Waals surface area (Å²) in [5, 5.41) is 0. The molecule has 1 heterocycles. The van der Waals surface area contributed by atoms with Gasteiger partial charge in [0.1, 0.15) is 0 Å². The molecule has 1 atom stereocenters. The molecule has 0 aromatic carbocycles. The highest BCUT2D eigenvalue weighted by Crippen LogP contribution is 2.40. The minimum atomic E-state index is -0.0307. The Bertz CT molecular complexity index is 235. The molecule has 80 valence electrons. The van der Waals surface area contributed by atoms with E-state index < -0.39 is 0 Å². The molecule has 14 heavy (non-hydrogen) atoms. The van der Waals surface area contributed by atoms with E-state index in [1.165, 1.54) is 12.8 Å². The highest BCUT2D eigenvalue weighted by Gasteiger charge is 2.40. The lowest BCUT2D eigenvalue weighted by Crippen LogP contribution is -2.39. The quantitative estimate of drug-likeness (QED) is 0.663. The summed E-state index contributed by atoms with van der Waals surface area (Å²) in [5.41, 5.74) is -0.0307. The number of alkyl halides is 1. The largest absolute Gasteiger partial charge is 0.341 e. The van der Waals surface area contributed by atoms with E-state index in [4.69, 9.17) is 0 Å². The van der Waals surface area contributed by atoms with Gasteiger partial charge in [-0.2, -0.15) is 0 Å². The highest BCUT2D eigenvalue weighted by atomic mass is 79.9.